The lowest BCUT2D eigenvalue weighted by atomic mass is 9.73. The molecule has 63 heavy (non-hydrogen) atoms. The molecular weight excluding hydrogens is 771 g/mol. The van der Waals surface area contributed by atoms with E-state index in [0.717, 1.165) is 68.0 Å². The molecule has 0 saturated heterocycles. The van der Waals surface area contributed by atoms with Gasteiger partial charge in [0.15, 0.2) is 0 Å². The molecule has 0 fully saturated rings. The minimum absolute atomic E-state index is 0.238. The number of para-hydroxylation sites is 4. The molecule has 9 aromatic rings. The van der Waals surface area contributed by atoms with E-state index in [1.807, 2.05) is 49.1 Å². The Morgan fingerprint density at radius 3 is 1.00 bits per heavy atom. The molecule has 11 rings (SSSR count). The van der Waals surface area contributed by atoms with Crippen LogP contribution in [0, 0.1) is 0 Å². The van der Waals surface area contributed by atoms with E-state index in [1.165, 1.54) is 22.3 Å². The molecule has 0 aliphatic carbocycles. The van der Waals surface area contributed by atoms with Gasteiger partial charge in [0.25, 0.3) is 0 Å². The van der Waals surface area contributed by atoms with Crippen molar-refractivity contribution >= 4 is 51.7 Å². The van der Waals surface area contributed by atoms with Gasteiger partial charge in [-0.25, -0.2) is 0 Å². The molecule has 3 aromatic heterocycles. The summed E-state index contributed by atoms with van der Waals surface area (Å²) in [5, 5.41) is 0. The lowest BCUT2D eigenvalue weighted by Crippen LogP contribution is -2.32. The summed E-state index contributed by atoms with van der Waals surface area (Å²) in [5.74, 6) is 2.06. The summed E-state index contributed by atoms with van der Waals surface area (Å²) in [7, 11) is 0. The number of aromatic nitrogens is 4. The fourth-order valence-corrected chi connectivity index (χ4v) is 9.65. The number of nitrogens with zero attached hydrogens (tertiary/aromatic N) is 7. The van der Waals surface area contributed by atoms with Crippen LogP contribution in [0.3, 0.4) is 0 Å². The Hall–Kier alpha value is -7.90. The molecule has 7 nitrogen and oxygen atoms in total. The summed E-state index contributed by atoms with van der Waals surface area (Å²) < 4.78 is 0. The van der Waals surface area contributed by atoms with Gasteiger partial charge < -0.3 is 0 Å². The molecule has 2 aliphatic heterocycles. The second kappa shape index (κ2) is 14.9. The Kier molecular flexibility index (Phi) is 9.01. The minimum Gasteiger partial charge on any atom is -0.294 e. The average Bonchev–Trinajstić information content (AvgIpc) is 3.33. The highest BCUT2D eigenvalue weighted by Crippen LogP contribution is 2.55. The molecule has 304 valence electrons. The molecule has 0 unspecified atom stereocenters. The molecular formula is C56H45N7. The summed E-state index contributed by atoms with van der Waals surface area (Å²) in [6, 6.07) is 62.5. The molecule has 6 aromatic carbocycles. The third-order valence-electron chi connectivity index (χ3n) is 12.9. The minimum atomic E-state index is -0.238. The number of rotatable bonds is 7. The lowest BCUT2D eigenvalue weighted by molar-refractivity contribution is 0.630. The summed E-state index contributed by atoms with van der Waals surface area (Å²) in [5.41, 5.74) is 15.1. The van der Waals surface area contributed by atoms with Gasteiger partial charge in [-0.2, -0.15) is 9.97 Å². The van der Waals surface area contributed by atoms with Gasteiger partial charge in [-0.3, -0.25) is 24.7 Å². The van der Waals surface area contributed by atoms with Crippen LogP contribution in [0.1, 0.15) is 49.9 Å². The Bertz CT molecular complexity index is 2820. The quantitative estimate of drug-likeness (QED) is 0.159. The molecule has 0 saturated carbocycles. The number of hydrogen-bond donors (Lipinski definition) is 0. The fraction of sp³-hybridized carbons (Fsp3) is 0.107. The maximum absolute atomic E-state index is 5.65. The fourth-order valence-electron chi connectivity index (χ4n) is 9.65. The van der Waals surface area contributed by atoms with E-state index >= 15 is 0 Å². The van der Waals surface area contributed by atoms with Crippen molar-refractivity contribution in [3.8, 4) is 22.3 Å². The van der Waals surface area contributed by atoms with E-state index in [9.17, 15) is 0 Å². The Balaban J connectivity index is 1.18. The van der Waals surface area contributed by atoms with Crippen LogP contribution in [0.4, 0.5) is 51.7 Å². The standard InChI is InChI=1S/C56H45N7/c1-55(2)44-13-5-9-17-48(44)62(49-18-10-6-14-45(49)55)52-37-53(63-50-19-11-7-15-46(50)56(3,4)47-16-8-12-20-51(47)63)60-54(59-52)61(42-25-21-38(22-26-42)40-29-33-57-34-30-40)43-27-23-39(24-28-43)41-31-35-58-36-32-41/h5-37H,1-4H3. The maximum Gasteiger partial charge on any atom is 0.238 e. The highest BCUT2D eigenvalue weighted by molar-refractivity contribution is 5.90. The van der Waals surface area contributed by atoms with Crippen LogP contribution < -0.4 is 14.7 Å². The first-order valence-corrected chi connectivity index (χ1v) is 21.5. The van der Waals surface area contributed by atoms with Gasteiger partial charge in [-0.1, -0.05) is 125 Å². The van der Waals surface area contributed by atoms with E-state index in [2.05, 4.69) is 204 Å². The van der Waals surface area contributed by atoms with Crippen LogP contribution in [0.5, 0.6) is 0 Å². The molecule has 0 atom stereocenters. The third-order valence-corrected chi connectivity index (χ3v) is 12.9. The second-order valence-corrected chi connectivity index (χ2v) is 17.3. The summed E-state index contributed by atoms with van der Waals surface area (Å²) >= 11 is 0. The van der Waals surface area contributed by atoms with Crippen LogP contribution in [0.15, 0.2) is 201 Å². The van der Waals surface area contributed by atoms with Crippen molar-refractivity contribution in [1.29, 1.82) is 0 Å². The second-order valence-electron chi connectivity index (χ2n) is 17.3. The van der Waals surface area contributed by atoms with Gasteiger partial charge in [0.05, 0.1) is 22.7 Å². The highest BCUT2D eigenvalue weighted by Gasteiger charge is 2.40. The van der Waals surface area contributed by atoms with E-state index in [1.54, 1.807) is 0 Å². The summed E-state index contributed by atoms with van der Waals surface area (Å²) in [6.07, 6.45) is 7.32. The molecule has 7 heteroatoms. The maximum atomic E-state index is 5.65. The monoisotopic (exact) mass is 815 g/mol. The molecule has 5 heterocycles. The van der Waals surface area contributed by atoms with Crippen molar-refractivity contribution < 1.29 is 0 Å². The lowest BCUT2D eigenvalue weighted by Gasteiger charge is -2.43. The predicted molar refractivity (Wildman–Crippen MR) is 257 cm³/mol. The Morgan fingerprint density at radius 1 is 0.365 bits per heavy atom. The first-order valence-electron chi connectivity index (χ1n) is 21.5. The van der Waals surface area contributed by atoms with Crippen molar-refractivity contribution in [3.05, 3.63) is 223 Å². The Morgan fingerprint density at radius 2 is 0.667 bits per heavy atom. The summed E-state index contributed by atoms with van der Waals surface area (Å²) in [4.78, 5) is 26.6. The first-order chi connectivity index (χ1) is 30.8. The van der Waals surface area contributed by atoms with Crippen molar-refractivity contribution in [1.82, 2.24) is 19.9 Å². The van der Waals surface area contributed by atoms with Crippen molar-refractivity contribution in [2.75, 3.05) is 14.7 Å². The number of pyridine rings is 2. The number of hydrogen-bond acceptors (Lipinski definition) is 7. The first kappa shape index (κ1) is 38.1. The van der Waals surface area contributed by atoms with Crippen LogP contribution in [-0.4, -0.2) is 19.9 Å². The van der Waals surface area contributed by atoms with Crippen molar-refractivity contribution in [2.45, 2.75) is 38.5 Å². The largest absolute Gasteiger partial charge is 0.294 e. The zero-order valence-corrected chi connectivity index (χ0v) is 35.7. The molecule has 2 aliphatic rings. The smallest absolute Gasteiger partial charge is 0.238 e. The molecule has 0 spiro atoms. The zero-order chi connectivity index (χ0) is 42.7. The highest BCUT2D eigenvalue weighted by atomic mass is 15.3. The molecule has 0 amide bonds. The van der Waals surface area contributed by atoms with Crippen molar-refractivity contribution in [2.24, 2.45) is 0 Å². The zero-order valence-electron chi connectivity index (χ0n) is 35.7. The van der Waals surface area contributed by atoms with Crippen LogP contribution in [0.2, 0.25) is 0 Å². The average molecular weight is 816 g/mol. The van der Waals surface area contributed by atoms with Crippen LogP contribution >= 0.6 is 0 Å². The van der Waals surface area contributed by atoms with Gasteiger partial charge in [-0.05, 0) is 117 Å². The SMILES string of the molecule is CC1(C)c2ccccc2N(c2cc(N3c4ccccc4C(C)(C)c4ccccc43)nc(N(c3ccc(-c4ccncc4)cc3)c3ccc(-c4ccncc4)cc3)n2)c2ccccc21. The van der Waals surface area contributed by atoms with Gasteiger partial charge in [0.2, 0.25) is 5.95 Å². The van der Waals surface area contributed by atoms with Gasteiger partial charge in [0.1, 0.15) is 11.6 Å². The summed E-state index contributed by atoms with van der Waals surface area (Å²) in [6.45, 7) is 9.26. The third kappa shape index (κ3) is 6.35. The topological polar surface area (TPSA) is 61.3 Å². The van der Waals surface area contributed by atoms with E-state index < -0.39 is 0 Å². The van der Waals surface area contributed by atoms with Gasteiger partial charge >= 0.3 is 0 Å². The van der Waals surface area contributed by atoms with Gasteiger partial charge in [0, 0.05) is 53.1 Å². The normalized spacial score (nSPS) is 14.2. The number of benzene rings is 6. The van der Waals surface area contributed by atoms with Gasteiger partial charge in [-0.15, -0.1) is 0 Å². The Labute approximate surface area is 368 Å². The number of fused-ring (bicyclic) bond motifs is 4. The molecule has 0 N–H and O–H groups in total. The van der Waals surface area contributed by atoms with E-state index in [-0.39, 0.29) is 10.8 Å². The van der Waals surface area contributed by atoms with Crippen molar-refractivity contribution in [3.63, 3.8) is 0 Å². The number of anilines is 9. The molecule has 0 bridgehead atoms. The van der Waals surface area contributed by atoms with E-state index in [0.29, 0.717) is 5.95 Å². The molecule has 0 radical (unpaired) electrons. The van der Waals surface area contributed by atoms with Crippen LogP contribution in [-0.2, 0) is 10.8 Å². The van der Waals surface area contributed by atoms with E-state index in [4.69, 9.17) is 9.97 Å². The predicted octanol–water partition coefficient (Wildman–Crippen LogP) is 14.3. The van der Waals surface area contributed by atoms with Crippen LogP contribution in [0.25, 0.3) is 22.3 Å².